The van der Waals surface area contributed by atoms with Crippen LogP contribution in [0.15, 0.2) is 82.7 Å². The zero-order valence-electron chi connectivity index (χ0n) is 17.6. The van der Waals surface area contributed by atoms with Crippen LogP contribution in [0, 0.1) is 5.82 Å². The lowest BCUT2D eigenvalue weighted by molar-refractivity contribution is -0.121. The Bertz CT molecular complexity index is 1270. The second-order valence-electron chi connectivity index (χ2n) is 7.18. The molecule has 0 atom stereocenters. The monoisotopic (exact) mass is 462 g/mol. The smallest absolute Gasteiger partial charge is 0.335 e. The van der Waals surface area contributed by atoms with Crippen molar-refractivity contribution in [3.63, 3.8) is 0 Å². The lowest BCUT2D eigenvalue weighted by atomic mass is 10.1. The van der Waals surface area contributed by atoms with E-state index >= 15 is 0 Å². The number of carbonyl (C=O) groups excluding carboxylic acids is 1. The fraction of sp³-hybridized carbons (Fsp3) is 0.0800. The number of aliphatic imine (C=N–C) groups is 1. The van der Waals surface area contributed by atoms with Crippen LogP contribution in [0.5, 0.6) is 5.75 Å². The molecule has 0 radical (unpaired) electrons. The molecule has 166 valence electrons. The first-order valence-electron chi connectivity index (χ1n) is 9.96. The molecular formula is C25H19FN2O4S. The van der Waals surface area contributed by atoms with Gasteiger partial charge in [-0.2, -0.15) is 0 Å². The number of carbonyl (C=O) groups is 2. The van der Waals surface area contributed by atoms with Gasteiger partial charge in [-0.25, -0.2) is 14.2 Å². The Morgan fingerprint density at radius 2 is 1.88 bits per heavy atom. The number of carboxylic acids is 1. The topological polar surface area (TPSA) is 79.2 Å². The first-order valence-corrected chi connectivity index (χ1v) is 10.8. The van der Waals surface area contributed by atoms with Gasteiger partial charge >= 0.3 is 5.97 Å². The highest BCUT2D eigenvalue weighted by atomic mass is 32.2. The molecule has 0 spiro atoms. The maximum Gasteiger partial charge on any atom is 0.335 e. The second kappa shape index (κ2) is 9.70. The van der Waals surface area contributed by atoms with Crippen LogP contribution in [0.2, 0.25) is 0 Å². The number of hydrogen-bond acceptors (Lipinski definition) is 5. The van der Waals surface area contributed by atoms with Crippen molar-refractivity contribution in [1.82, 2.24) is 4.90 Å². The predicted molar refractivity (Wildman–Crippen MR) is 126 cm³/mol. The van der Waals surface area contributed by atoms with Gasteiger partial charge in [0, 0.05) is 12.6 Å². The van der Waals surface area contributed by atoms with Gasteiger partial charge in [-0.15, -0.1) is 0 Å². The number of benzene rings is 3. The zero-order chi connectivity index (χ0) is 23.4. The largest absolute Gasteiger partial charge is 0.488 e. The molecule has 3 aromatic carbocycles. The number of amidine groups is 1. The Morgan fingerprint density at radius 3 is 2.61 bits per heavy atom. The average Bonchev–Trinajstić information content (AvgIpc) is 3.06. The van der Waals surface area contributed by atoms with E-state index in [-0.39, 0.29) is 23.9 Å². The minimum Gasteiger partial charge on any atom is -0.488 e. The lowest BCUT2D eigenvalue weighted by Gasteiger charge is -2.10. The molecule has 0 aliphatic carbocycles. The number of rotatable bonds is 6. The summed E-state index contributed by atoms with van der Waals surface area (Å²) in [5.41, 5.74) is 2.12. The number of aromatic carboxylic acids is 1. The molecule has 0 saturated carbocycles. The first kappa shape index (κ1) is 22.3. The van der Waals surface area contributed by atoms with Crippen molar-refractivity contribution < 1.29 is 23.8 Å². The fourth-order valence-corrected chi connectivity index (χ4v) is 4.08. The van der Waals surface area contributed by atoms with Gasteiger partial charge in [0.2, 0.25) is 0 Å². The molecule has 0 aromatic heterocycles. The number of para-hydroxylation sites is 1. The minimum absolute atomic E-state index is 0.165. The van der Waals surface area contributed by atoms with Crippen molar-refractivity contribution in [3.8, 4) is 5.75 Å². The standard InChI is InChI=1S/C25H19FN2O4S/c1-28-23(29)22(33-25(28)27-20-11-9-17(10-12-20)24(30)31)14-18-6-2-3-8-21(18)32-15-16-5-4-7-19(26)13-16/h2-14H,15H2,1H3,(H,30,31)/b22-14-,27-25?. The molecule has 4 rings (SSSR count). The maximum atomic E-state index is 13.4. The second-order valence-corrected chi connectivity index (χ2v) is 8.19. The summed E-state index contributed by atoms with van der Waals surface area (Å²) in [6.07, 6.45) is 1.74. The number of nitrogens with zero attached hydrogens (tertiary/aromatic N) is 2. The molecular weight excluding hydrogens is 443 g/mol. The number of thioether (sulfide) groups is 1. The minimum atomic E-state index is -1.01. The first-order chi connectivity index (χ1) is 15.9. The molecule has 0 unspecified atom stereocenters. The molecule has 1 heterocycles. The highest BCUT2D eigenvalue weighted by molar-refractivity contribution is 8.18. The van der Waals surface area contributed by atoms with E-state index in [2.05, 4.69) is 4.99 Å². The van der Waals surface area contributed by atoms with Crippen LogP contribution in [0.1, 0.15) is 21.5 Å². The van der Waals surface area contributed by atoms with E-state index in [1.54, 1.807) is 43.5 Å². The van der Waals surface area contributed by atoms with E-state index in [4.69, 9.17) is 9.84 Å². The summed E-state index contributed by atoms with van der Waals surface area (Å²) in [4.78, 5) is 30.2. The summed E-state index contributed by atoms with van der Waals surface area (Å²) in [6.45, 7) is 0.192. The van der Waals surface area contributed by atoms with Crippen LogP contribution in [-0.4, -0.2) is 34.1 Å². The highest BCUT2D eigenvalue weighted by Crippen LogP contribution is 2.34. The van der Waals surface area contributed by atoms with E-state index in [1.165, 1.54) is 40.9 Å². The summed E-state index contributed by atoms with van der Waals surface area (Å²) in [5, 5.41) is 9.50. The number of halogens is 1. The van der Waals surface area contributed by atoms with Crippen molar-refractivity contribution >= 4 is 40.6 Å². The molecule has 1 aliphatic heterocycles. The molecule has 8 heteroatoms. The molecule has 1 saturated heterocycles. The third kappa shape index (κ3) is 5.30. The van der Waals surface area contributed by atoms with Gasteiger partial charge in [-0.3, -0.25) is 9.69 Å². The summed E-state index contributed by atoms with van der Waals surface area (Å²) < 4.78 is 19.3. The van der Waals surface area contributed by atoms with Crippen molar-refractivity contribution in [2.75, 3.05) is 7.05 Å². The number of carboxylic acid groups (broad SMARTS) is 1. The van der Waals surface area contributed by atoms with Crippen LogP contribution < -0.4 is 4.74 Å². The van der Waals surface area contributed by atoms with Crippen molar-refractivity contribution in [1.29, 1.82) is 0 Å². The van der Waals surface area contributed by atoms with Crippen LogP contribution in [0.4, 0.5) is 10.1 Å². The van der Waals surface area contributed by atoms with Crippen LogP contribution in [0.25, 0.3) is 6.08 Å². The molecule has 3 aromatic rings. The van der Waals surface area contributed by atoms with Gasteiger partial charge < -0.3 is 9.84 Å². The van der Waals surface area contributed by atoms with Crippen molar-refractivity contribution in [2.45, 2.75) is 6.61 Å². The van der Waals surface area contributed by atoms with E-state index < -0.39 is 5.97 Å². The van der Waals surface area contributed by atoms with E-state index in [1.807, 2.05) is 18.2 Å². The van der Waals surface area contributed by atoms with Gasteiger partial charge in [0.1, 0.15) is 18.2 Å². The Balaban J connectivity index is 1.54. The van der Waals surface area contributed by atoms with Gasteiger partial charge in [0.15, 0.2) is 5.17 Å². The van der Waals surface area contributed by atoms with Gasteiger partial charge in [-0.1, -0.05) is 30.3 Å². The molecule has 1 N–H and O–H groups in total. The van der Waals surface area contributed by atoms with E-state index in [0.29, 0.717) is 32.6 Å². The quantitative estimate of drug-likeness (QED) is 0.501. The molecule has 1 fully saturated rings. The summed E-state index contributed by atoms with van der Waals surface area (Å²) in [5.74, 6) is -0.979. The van der Waals surface area contributed by atoms with Gasteiger partial charge in [-0.05, 0) is 65.9 Å². The van der Waals surface area contributed by atoms with Crippen molar-refractivity contribution in [2.24, 2.45) is 4.99 Å². The maximum absolute atomic E-state index is 13.4. The summed E-state index contributed by atoms with van der Waals surface area (Å²) >= 11 is 1.22. The fourth-order valence-electron chi connectivity index (χ4n) is 3.10. The highest BCUT2D eigenvalue weighted by Gasteiger charge is 2.30. The number of hydrogen-bond donors (Lipinski definition) is 1. The average molecular weight is 463 g/mol. The number of amides is 1. The summed E-state index contributed by atoms with van der Waals surface area (Å²) in [6, 6.07) is 19.6. The van der Waals surface area contributed by atoms with Crippen LogP contribution in [-0.2, 0) is 11.4 Å². The normalized spacial score (nSPS) is 15.9. The Morgan fingerprint density at radius 1 is 1.12 bits per heavy atom. The Labute approximate surface area is 194 Å². The Hall–Kier alpha value is -3.91. The Kier molecular flexibility index (Phi) is 6.55. The van der Waals surface area contributed by atoms with E-state index in [9.17, 15) is 14.0 Å². The third-order valence-corrected chi connectivity index (χ3v) is 5.89. The van der Waals surface area contributed by atoms with E-state index in [0.717, 1.165) is 0 Å². The molecule has 0 bridgehead atoms. The zero-order valence-corrected chi connectivity index (χ0v) is 18.4. The molecule has 33 heavy (non-hydrogen) atoms. The SMILES string of the molecule is CN1C(=O)/C(=C/c2ccccc2OCc2cccc(F)c2)SC1=Nc1ccc(C(=O)O)cc1. The van der Waals surface area contributed by atoms with Gasteiger partial charge in [0.05, 0.1) is 16.2 Å². The van der Waals surface area contributed by atoms with Crippen LogP contribution in [0.3, 0.4) is 0 Å². The molecule has 6 nitrogen and oxygen atoms in total. The summed E-state index contributed by atoms with van der Waals surface area (Å²) in [7, 11) is 1.63. The number of likely N-dealkylation sites (N-methyl/N-ethyl adjacent to an activating group) is 1. The predicted octanol–water partition coefficient (Wildman–Crippen LogP) is 5.34. The van der Waals surface area contributed by atoms with Gasteiger partial charge in [0.25, 0.3) is 5.91 Å². The lowest BCUT2D eigenvalue weighted by Crippen LogP contribution is -2.23. The molecule has 1 amide bonds. The third-order valence-electron chi connectivity index (χ3n) is 4.83. The molecule has 1 aliphatic rings. The number of ether oxygens (including phenoxy) is 1. The van der Waals surface area contributed by atoms with Crippen LogP contribution >= 0.6 is 11.8 Å². The van der Waals surface area contributed by atoms with Crippen molar-refractivity contribution in [3.05, 3.63) is 100 Å².